The average Bonchev–Trinajstić information content (AvgIpc) is 2.97. The fourth-order valence-corrected chi connectivity index (χ4v) is 5.18. The number of aliphatic carboxylic acids is 1. The average molecular weight is 346 g/mol. The minimum absolute atomic E-state index is 0.183. The number of aromatic nitrogens is 2. The van der Waals surface area contributed by atoms with Crippen molar-refractivity contribution in [3.05, 3.63) is 24.3 Å². The largest absolute Gasteiger partial charge is 0.480 e. The molecule has 2 aliphatic rings. The number of rotatable bonds is 3. The highest BCUT2D eigenvalue weighted by molar-refractivity contribution is 8.01. The number of imidazole rings is 1. The van der Waals surface area contributed by atoms with Gasteiger partial charge in [0, 0.05) is 11.8 Å². The Morgan fingerprint density at radius 2 is 2.08 bits per heavy atom. The van der Waals surface area contributed by atoms with Crippen molar-refractivity contribution in [3.63, 3.8) is 0 Å². The molecular weight excluding hydrogens is 328 g/mol. The van der Waals surface area contributed by atoms with Gasteiger partial charge in [-0.3, -0.25) is 4.79 Å². The highest BCUT2D eigenvalue weighted by Crippen LogP contribution is 2.51. The van der Waals surface area contributed by atoms with Gasteiger partial charge in [0.05, 0.1) is 11.0 Å². The van der Waals surface area contributed by atoms with Crippen molar-refractivity contribution < 1.29 is 14.7 Å². The standard InChI is InChI=1S/C16H18N4O3S/c1-16(2)11(14(22)23)20-12(21)10(13(20)24-16)18-15-17-8-6-4-5-7-9(8)19(15)3/h4-7,10-11,13H,1-3H3,(H,17,18)(H,22,23). The zero-order valence-corrected chi connectivity index (χ0v) is 14.4. The van der Waals surface area contributed by atoms with Gasteiger partial charge in [-0.2, -0.15) is 0 Å². The highest BCUT2D eigenvalue weighted by Gasteiger charge is 2.64. The predicted octanol–water partition coefficient (Wildman–Crippen LogP) is 1.50. The molecule has 2 aliphatic heterocycles. The van der Waals surface area contributed by atoms with E-state index in [2.05, 4.69) is 10.3 Å². The maximum Gasteiger partial charge on any atom is 0.327 e. The first-order valence-corrected chi connectivity index (χ1v) is 8.60. The van der Waals surface area contributed by atoms with E-state index < -0.39 is 22.8 Å². The minimum Gasteiger partial charge on any atom is -0.480 e. The zero-order valence-electron chi connectivity index (χ0n) is 13.6. The van der Waals surface area contributed by atoms with E-state index >= 15 is 0 Å². The topological polar surface area (TPSA) is 87.5 Å². The van der Waals surface area contributed by atoms with Crippen LogP contribution in [0.3, 0.4) is 0 Å². The van der Waals surface area contributed by atoms with Crippen molar-refractivity contribution >= 4 is 40.6 Å². The van der Waals surface area contributed by atoms with E-state index in [0.29, 0.717) is 5.95 Å². The molecule has 2 fully saturated rings. The molecule has 24 heavy (non-hydrogen) atoms. The number of β-lactam (4-membered cyclic amide) rings is 1. The van der Waals surface area contributed by atoms with Crippen molar-refractivity contribution in [2.45, 2.75) is 36.1 Å². The molecule has 0 aliphatic carbocycles. The SMILES string of the molecule is Cn1c(NC2C(=O)N3C2SC(C)(C)C3C(=O)O)nc2ccccc21. The van der Waals surface area contributed by atoms with Gasteiger partial charge >= 0.3 is 5.97 Å². The Labute approximate surface area is 143 Å². The third-order valence-corrected chi connectivity index (χ3v) is 6.32. The molecule has 1 aromatic carbocycles. The molecule has 3 atom stereocenters. The van der Waals surface area contributed by atoms with Crippen molar-refractivity contribution in [1.82, 2.24) is 14.5 Å². The van der Waals surface area contributed by atoms with Gasteiger partial charge in [-0.25, -0.2) is 9.78 Å². The van der Waals surface area contributed by atoms with Crippen molar-refractivity contribution in [1.29, 1.82) is 0 Å². The van der Waals surface area contributed by atoms with Gasteiger partial charge in [-0.15, -0.1) is 11.8 Å². The number of fused-ring (bicyclic) bond motifs is 2. The number of hydrogen-bond donors (Lipinski definition) is 2. The van der Waals surface area contributed by atoms with E-state index in [0.717, 1.165) is 11.0 Å². The molecule has 7 nitrogen and oxygen atoms in total. The van der Waals surface area contributed by atoms with Crippen LogP contribution >= 0.6 is 11.8 Å². The summed E-state index contributed by atoms with van der Waals surface area (Å²) in [6, 6.07) is 6.51. The molecule has 0 radical (unpaired) electrons. The summed E-state index contributed by atoms with van der Waals surface area (Å²) >= 11 is 1.52. The Morgan fingerprint density at radius 1 is 1.38 bits per heavy atom. The lowest BCUT2D eigenvalue weighted by atomic mass is 9.96. The zero-order chi connectivity index (χ0) is 17.2. The summed E-state index contributed by atoms with van der Waals surface area (Å²) in [6.45, 7) is 3.74. The second-order valence-corrected chi connectivity index (χ2v) is 8.47. The number of carboxylic acids is 1. The normalized spacial score (nSPS) is 27.9. The number of benzene rings is 1. The van der Waals surface area contributed by atoms with Crippen LogP contribution in [-0.4, -0.2) is 53.6 Å². The van der Waals surface area contributed by atoms with Crippen LogP contribution in [0.4, 0.5) is 5.95 Å². The Balaban J connectivity index is 1.62. The summed E-state index contributed by atoms with van der Waals surface area (Å²) in [6.07, 6.45) is 0. The Morgan fingerprint density at radius 3 is 2.75 bits per heavy atom. The van der Waals surface area contributed by atoms with Gasteiger partial charge < -0.3 is 19.9 Å². The maximum atomic E-state index is 12.5. The van der Waals surface area contributed by atoms with E-state index in [4.69, 9.17) is 0 Å². The number of carbonyl (C=O) groups excluding carboxylic acids is 1. The lowest BCUT2D eigenvalue weighted by Gasteiger charge is -2.43. The van der Waals surface area contributed by atoms with Gasteiger partial charge in [0.2, 0.25) is 11.9 Å². The molecule has 0 bridgehead atoms. The molecular formula is C16H18N4O3S. The molecule has 4 rings (SSSR count). The number of carboxylic acid groups (broad SMARTS) is 1. The van der Waals surface area contributed by atoms with Crippen molar-refractivity contribution in [3.8, 4) is 0 Å². The first kappa shape index (κ1) is 15.3. The van der Waals surface area contributed by atoms with Gasteiger partial charge in [0.15, 0.2) is 0 Å². The fourth-order valence-electron chi connectivity index (χ4n) is 3.56. The number of carbonyl (C=O) groups is 2. The van der Waals surface area contributed by atoms with Crippen molar-refractivity contribution in [2.24, 2.45) is 7.05 Å². The number of aryl methyl sites for hydroxylation is 1. The van der Waals surface area contributed by atoms with Crippen LogP contribution in [0.1, 0.15) is 13.8 Å². The van der Waals surface area contributed by atoms with Crippen LogP contribution in [0.5, 0.6) is 0 Å². The lowest BCUT2D eigenvalue weighted by Crippen LogP contribution is -2.68. The third-order valence-electron chi connectivity index (χ3n) is 4.75. The van der Waals surface area contributed by atoms with Gasteiger partial charge in [-0.05, 0) is 26.0 Å². The molecule has 2 aromatic rings. The summed E-state index contributed by atoms with van der Waals surface area (Å²) < 4.78 is 1.39. The van der Waals surface area contributed by atoms with Gasteiger partial charge in [-0.1, -0.05) is 12.1 Å². The van der Waals surface area contributed by atoms with Crippen LogP contribution in [0, 0.1) is 0 Å². The molecule has 2 saturated heterocycles. The highest BCUT2D eigenvalue weighted by atomic mass is 32.2. The van der Waals surface area contributed by atoms with E-state index in [1.54, 1.807) is 0 Å². The smallest absolute Gasteiger partial charge is 0.327 e. The van der Waals surface area contributed by atoms with Crippen molar-refractivity contribution in [2.75, 3.05) is 5.32 Å². The molecule has 3 unspecified atom stereocenters. The Hall–Kier alpha value is -2.22. The van der Waals surface area contributed by atoms with E-state index in [1.165, 1.54) is 16.7 Å². The molecule has 8 heteroatoms. The van der Waals surface area contributed by atoms with Gasteiger partial charge in [0.1, 0.15) is 17.5 Å². The summed E-state index contributed by atoms with van der Waals surface area (Å²) in [7, 11) is 1.89. The number of anilines is 1. The number of amides is 1. The number of hydrogen-bond acceptors (Lipinski definition) is 5. The minimum atomic E-state index is -0.954. The van der Waals surface area contributed by atoms with Crippen LogP contribution in [0.25, 0.3) is 11.0 Å². The van der Waals surface area contributed by atoms with Crippen LogP contribution in [-0.2, 0) is 16.6 Å². The fraction of sp³-hybridized carbons (Fsp3) is 0.438. The number of nitrogens with one attached hydrogen (secondary N) is 1. The number of nitrogens with zero attached hydrogens (tertiary/aromatic N) is 3. The summed E-state index contributed by atoms with van der Waals surface area (Å²) in [5.74, 6) is -0.520. The maximum absolute atomic E-state index is 12.5. The van der Waals surface area contributed by atoms with Gasteiger partial charge in [0.25, 0.3) is 0 Å². The van der Waals surface area contributed by atoms with Crippen LogP contribution < -0.4 is 5.32 Å². The second kappa shape index (κ2) is 4.89. The number of thioether (sulfide) groups is 1. The first-order valence-electron chi connectivity index (χ1n) is 7.72. The summed E-state index contributed by atoms with van der Waals surface area (Å²) in [4.78, 5) is 30.1. The van der Waals surface area contributed by atoms with E-state index in [9.17, 15) is 14.7 Å². The number of para-hydroxylation sites is 2. The third kappa shape index (κ3) is 1.95. The van der Waals surface area contributed by atoms with E-state index in [1.807, 2.05) is 49.7 Å². The van der Waals surface area contributed by atoms with Crippen LogP contribution in [0.15, 0.2) is 24.3 Å². The molecule has 0 saturated carbocycles. The molecule has 0 spiro atoms. The molecule has 3 heterocycles. The van der Waals surface area contributed by atoms with E-state index in [-0.39, 0.29) is 11.3 Å². The molecule has 2 N–H and O–H groups in total. The Kier molecular flexibility index (Phi) is 3.12. The Bertz CT molecular complexity index is 862. The quantitative estimate of drug-likeness (QED) is 0.819. The molecule has 126 valence electrons. The molecule has 1 aromatic heterocycles. The lowest BCUT2D eigenvalue weighted by molar-refractivity contribution is -0.158. The molecule has 1 amide bonds. The van der Waals surface area contributed by atoms with Crippen LogP contribution in [0.2, 0.25) is 0 Å². The summed E-state index contributed by atoms with van der Waals surface area (Å²) in [5.41, 5.74) is 1.83. The summed E-state index contributed by atoms with van der Waals surface area (Å²) in [5, 5.41) is 12.5. The second-order valence-electron chi connectivity index (χ2n) is 6.70. The monoisotopic (exact) mass is 346 g/mol. The predicted molar refractivity (Wildman–Crippen MR) is 91.9 cm³/mol. The first-order chi connectivity index (χ1) is 11.3.